The molecule has 1 N–H and O–H groups in total. The van der Waals surface area contributed by atoms with Crippen LogP contribution in [0, 0.1) is 0 Å². The van der Waals surface area contributed by atoms with Gasteiger partial charge in [0.25, 0.3) is 6.47 Å². The number of hydrogen-bond donors (Lipinski definition) is 1. The van der Waals surface area contributed by atoms with E-state index in [9.17, 15) is 9.59 Å². The molecular weight excluding hydrogens is 160 g/mol. The maximum atomic E-state index is 9.60. The van der Waals surface area contributed by atoms with Gasteiger partial charge in [-0.2, -0.15) is 0 Å². The Balaban J connectivity index is 0. The molecule has 0 radical (unpaired) electrons. The van der Waals surface area contributed by atoms with E-state index in [1.54, 1.807) is 0 Å². The van der Waals surface area contributed by atoms with Crippen molar-refractivity contribution in [3.63, 3.8) is 0 Å². The summed E-state index contributed by atoms with van der Waals surface area (Å²) in [7, 11) is 0. The topological polar surface area (TPSA) is 63.6 Å². The van der Waals surface area contributed by atoms with Crippen LogP contribution in [0.15, 0.2) is 12.7 Å². The number of aliphatic carboxylic acids is 1. The lowest BCUT2D eigenvalue weighted by Crippen LogP contribution is -2.17. The van der Waals surface area contributed by atoms with E-state index in [1.165, 1.54) is 0 Å². The number of carbonyl (C=O) groups is 2. The van der Waals surface area contributed by atoms with Gasteiger partial charge in [0, 0.05) is 6.08 Å². The van der Waals surface area contributed by atoms with Gasteiger partial charge in [-0.1, -0.05) is 6.58 Å². The number of rotatable bonds is 2. The number of ether oxygens (including phenoxy) is 1. The van der Waals surface area contributed by atoms with E-state index < -0.39 is 5.97 Å². The SMILES string of the molecule is C=CC(=O)O.CC(C)(C)OC=O. The maximum Gasteiger partial charge on any atom is 0.327 e. The fraction of sp³-hybridized carbons (Fsp3) is 0.500. The Morgan fingerprint density at radius 1 is 1.50 bits per heavy atom. The van der Waals surface area contributed by atoms with E-state index in [0.717, 1.165) is 6.08 Å². The van der Waals surface area contributed by atoms with Crippen molar-refractivity contribution in [2.45, 2.75) is 26.4 Å². The van der Waals surface area contributed by atoms with Gasteiger partial charge in [-0.05, 0) is 20.8 Å². The molecule has 0 aromatic heterocycles. The Hall–Kier alpha value is -1.32. The lowest BCUT2D eigenvalue weighted by Gasteiger charge is -2.14. The second-order valence-corrected chi connectivity index (χ2v) is 2.87. The Morgan fingerprint density at radius 3 is 1.83 bits per heavy atom. The van der Waals surface area contributed by atoms with Crippen molar-refractivity contribution in [3.05, 3.63) is 12.7 Å². The predicted octanol–water partition coefficient (Wildman–Crippen LogP) is 1.21. The Labute approximate surface area is 71.8 Å². The normalized spacial score (nSPS) is 8.92. The molecule has 0 atom stereocenters. The molecule has 0 aliphatic rings. The average molecular weight is 174 g/mol. The molecule has 0 saturated heterocycles. The van der Waals surface area contributed by atoms with Crippen molar-refractivity contribution in [2.75, 3.05) is 0 Å². The van der Waals surface area contributed by atoms with Crippen molar-refractivity contribution < 1.29 is 19.4 Å². The highest BCUT2D eigenvalue weighted by atomic mass is 16.5. The second-order valence-electron chi connectivity index (χ2n) is 2.87. The summed E-state index contributed by atoms with van der Waals surface area (Å²) in [4.78, 5) is 18.8. The molecule has 0 unspecified atom stereocenters. The van der Waals surface area contributed by atoms with Crippen LogP contribution in [0.25, 0.3) is 0 Å². The van der Waals surface area contributed by atoms with Crippen LogP contribution in [0.2, 0.25) is 0 Å². The third-order valence-electron chi connectivity index (χ3n) is 0.576. The first-order valence-electron chi connectivity index (χ1n) is 3.30. The van der Waals surface area contributed by atoms with Crippen LogP contribution in [0.3, 0.4) is 0 Å². The number of carboxylic acids is 1. The summed E-state index contributed by atoms with van der Waals surface area (Å²) in [5.41, 5.74) is -0.318. The largest absolute Gasteiger partial charge is 0.478 e. The van der Waals surface area contributed by atoms with Crippen molar-refractivity contribution in [2.24, 2.45) is 0 Å². The van der Waals surface area contributed by atoms with Crippen molar-refractivity contribution in [1.82, 2.24) is 0 Å². The highest BCUT2D eigenvalue weighted by Gasteiger charge is 2.07. The third-order valence-corrected chi connectivity index (χ3v) is 0.576. The van der Waals surface area contributed by atoms with Crippen LogP contribution in [-0.2, 0) is 14.3 Å². The van der Waals surface area contributed by atoms with Crippen LogP contribution in [0.4, 0.5) is 0 Å². The Bertz CT molecular complexity index is 155. The zero-order valence-electron chi connectivity index (χ0n) is 7.53. The minimum Gasteiger partial charge on any atom is -0.478 e. The van der Waals surface area contributed by atoms with Gasteiger partial charge in [-0.3, -0.25) is 4.79 Å². The van der Waals surface area contributed by atoms with Gasteiger partial charge >= 0.3 is 5.97 Å². The van der Waals surface area contributed by atoms with Gasteiger partial charge in [0.15, 0.2) is 0 Å². The zero-order valence-corrected chi connectivity index (χ0v) is 7.53. The zero-order chi connectivity index (χ0) is 10.2. The van der Waals surface area contributed by atoms with Crippen molar-refractivity contribution in [3.8, 4) is 0 Å². The summed E-state index contributed by atoms with van der Waals surface area (Å²) in [5.74, 6) is -0.981. The number of hydrogen-bond acceptors (Lipinski definition) is 3. The summed E-state index contributed by atoms with van der Waals surface area (Å²) in [6.45, 7) is 8.88. The molecule has 4 heteroatoms. The molecule has 0 aromatic carbocycles. The summed E-state index contributed by atoms with van der Waals surface area (Å²) in [6.07, 6.45) is 0.833. The van der Waals surface area contributed by atoms with Crippen LogP contribution in [0.5, 0.6) is 0 Å². The van der Waals surface area contributed by atoms with Crippen LogP contribution >= 0.6 is 0 Å². The third kappa shape index (κ3) is 23.4. The molecule has 0 fully saturated rings. The average Bonchev–Trinajstić information content (AvgIpc) is 1.86. The molecule has 0 amide bonds. The minimum absolute atomic E-state index is 0.318. The van der Waals surface area contributed by atoms with E-state index in [-0.39, 0.29) is 5.60 Å². The van der Waals surface area contributed by atoms with Gasteiger partial charge in [-0.25, -0.2) is 4.79 Å². The lowest BCUT2D eigenvalue weighted by molar-refractivity contribution is -0.138. The summed E-state index contributed by atoms with van der Waals surface area (Å²) in [6, 6.07) is 0. The molecule has 0 aromatic rings. The van der Waals surface area contributed by atoms with Crippen LogP contribution < -0.4 is 0 Å². The predicted molar refractivity (Wildman–Crippen MR) is 44.7 cm³/mol. The fourth-order valence-electron chi connectivity index (χ4n) is 0.144. The first kappa shape index (κ1) is 13.3. The molecule has 0 aliphatic carbocycles. The molecule has 0 heterocycles. The summed E-state index contributed by atoms with van der Waals surface area (Å²) >= 11 is 0. The van der Waals surface area contributed by atoms with Gasteiger partial charge in [0.1, 0.15) is 5.60 Å². The minimum atomic E-state index is -0.981. The van der Waals surface area contributed by atoms with Gasteiger partial charge in [-0.15, -0.1) is 0 Å². The fourth-order valence-corrected chi connectivity index (χ4v) is 0.144. The smallest absolute Gasteiger partial charge is 0.327 e. The molecule has 0 bridgehead atoms. The van der Waals surface area contributed by atoms with E-state index >= 15 is 0 Å². The molecule has 4 nitrogen and oxygen atoms in total. The molecular formula is C8H14O4. The Morgan fingerprint density at radius 2 is 1.83 bits per heavy atom. The van der Waals surface area contributed by atoms with E-state index in [4.69, 9.17) is 5.11 Å². The van der Waals surface area contributed by atoms with E-state index in [2.05, 4.69) is 11.3 Å². The van der Waals surface area contributed by atoms with Gasteiger partial charge in [0.05, 0.1) is 0 Å². The van der Waals surface area contributed by atoms with Crippen LogP contribution in [0.1, 0.15) is 20.8 Å². The molecule has 0 aliphatic heterocycles. The summed E-state index contributed by atoms with van der Waals surface area (Å²) < 4.78 is 4.55. The van der Waals surface area contributed by atoms with E-state index in [0.29, 0.717) is 6.47 Å². The molecule has 70 valence electrons. The first-order chi connectivity index (χ1) is 5.33. The highest BCUT2D eigenvalue weighted by molar-refractivity contribution is 5.78. The quantitative estimate of drug-likeness (QED) is 0.505. The second kappa shape index (κ2) is 6.39. The molecule has 0 saturated carbocycles. The van der Waals surface area contributed by atoms with Crippen molar-refractivity contribution in [1.29, 1.82) is 0 Å². The number of carboxylic acid groups (broad SMARTS) is 1. The lowest BCUT2D eigenvalue weighted by atomic mass is 10.2. The molecule has 0 spiro atoms. The highest BCUT2D eigenvalue weighted by Crippen LogP contribution is 2.02. The van der Waals surface area contributed by atoms with Gasteiger partial charge < -0.3 is 9.84 Å². The number of carbonyl (C=O) groups excluding carboxylic acids is 1. The Kier molecular flexibility index (Phi) is 7.08. The standard InChI is InChI=1S/C5H10O2.C3H4O2/c1-5(2,3)7-4-6;1-2-3(4)5/h4H,1-3H3;2H,1H2,(H,4,5). The molecule has 12 heavy (non-hydrogen) atoms. The first-order valence-corrected chi connectivity index (χ1v) is 3.30. The van der Waals surface area contributed by atoms with Crippen molar-refractivity contribution >= 4 is 12.4 Å². The molecule has 0 rings (SSSR count). The summed E-state index contributed by atoms with van der Waals surface area (Å²) in [5, 5.41) is 7.60. The van der Waals surface area contributed by atoms with Gasteiger partial charge in [0.2, 0.25) is 0 Å². The monoisotopic (exact) mass is 174 g/mol. The maximum absolute atomic E-state index is 9.60. The van der Waals surface area contributed by atoms with Crippen LogP contribution in [-0.4, -0.2) is 23.1 Å². The van der Waals surface area contributed by atoms with E-state index in [1.807, 2.05) is 20.8 Å².